The van der Waals surface area contributed by atoms with Crippen LogP contribution in [-0.2, 0) is 26.2 Å². The van der Waals surface area contributed by atoms with Gasteiger partial charge in [-0.05, 0) is 23.3 Å². The molecule has 8 heteroatoms. The van der Waals surface area contributed by atoms with Gasteiger partial charge >= 0.3 is 0 Å². The van der Waals surface area contributed by atoms with Crippen molar-refractivity contribution in [3.8, 4) is 17.3 Å². The number of para-hydroxylation sites is 1. The third-order valence-electron chi connectivity index (χ3n) is 5.94. The van der Waals surface area contributed by atoms with Gasteiger partial charge < -0.3 is 9.42 Å². The summed E-state index contributed by atoms with van der Waals surface area (Å²) < 4.78 is 7.52. The minimum Gasteiger partial charge on any atom is -0.336 e. The predicted molar refractivity (Wildman–Crippen MR) is 112 cm³/mol. The van der Waals surface area contributed by atoms with Gasteiger partial charge in [-0.25, -0.2) is 4.98 Å². The predicted octanol–water partition coefficient (Wildman–Crippen LogP) is 3.02. The van der Waals surface area contributed by atoms with Crippen LogP contribution in [0.3, 0.4) is 0 Å². The molecule has 4 aromatic rings. The van der Waals surface area contributed by atoms with Crippen LogP contribution in [0, 0.1) is 0 Å². The quantitative estimate of drug-likeness (QED) is 0.515. The van der Waals surface area contributed by atoms with E-state index in [2.05, 4.69) is 44.3 Å². The average molecular weight is 412 g/mol. The number of amides is 1. The molecule has 0 unspecified atom stereocenters. The van der Waals surface area contributed by atoms with E-state index in [1.165, 1.54) is 11.1 Å². The highest BCUT2D eigenvalue weighted by atomic mass is 16.5. The van der Waals surface area contributed by atoms with E-state index < -0.39 is 0 Å². The minimum absolute atomic E-state index is 0.0231. The van der Waals surface area contributed by atoms with Crippen LogP contribution in [0.25, 0.3) is 17.3 Å². The summed E-state index contributed by atoms with van der Waals surface area (Å²) in [6, 6.07) is 16.0. The van der Waals surface area contributed by atoms with Gasteiger partial charge in [0.25, 0.3) is 11.8 Å². The lowest BCUT2D eigenvalue weighted by Gasteiger charge is -2.14. The maximum absolute atomic E-state index is 12.8. The van der Waals surface area contributed by atoms with Crippen molar-refractivity contribution >= 4 is 5.91 Å². The number of fused-ring (bicyclic) bond motifs is 4. The van der Waals surface area contributed by atoms with Crippen molar-refractivity contribution in [1.29, 1.82) is 0 Å². The Kier molecular flexibility index (Phi) is 4.00. The third-order valence-corrected chi connectivity index (χ3v) is 5.94. The van der Waals surface area contributed by atoms with E-state index in [0.29, 0.717) is 36.1 Å². The molecule has 0 radical (unpaired) electrons. The van der Waals surface area contributed by atoms with Crippen LogP contribution in [0.15, 0.2) is 59.4 Å². The fourth-order valence-corrected chi connectivity index (χ4v) is 4.41. The Morgan fingerprint density at radius 2 is 1.74 bits per heavy atom. The molecular weight excluding hydrogens is 392 g/mol. The summed E-state index contributed by atoms with van der Waals surface area (Å²) in [7, 11) is 1.79. The average Bonchev–Trinajstić information content (AvgIpc) is 3.49. The molecule has 0 saturated heterocycles. The summed E-state index contributed by atoms with van der Waals surface area (Å²) in [6.07, 6.45) is 1.72. The second-order valence-electron chi connectivity index (χ2n) is 8.02. The number of nitrogens with zero attached hydrogens (tertiary/aromatic N) is 6. The number of imidazole rings is 1. The van der Waals surface area contributed by atoms with Crippen LogP contribution in [0.4, 0.5) is 0 Å². The zero-order valence-corrected chi connectivity index (χ0v) is 17.0. The van der Waals surface area contributed by atoms with Crippen LogP contribution in [0.2, 0.25) is 0 Å². The molecule has 0 N–H and O–H groups in total. The van der Waals surface area contributed by atoms with E-state index >= 15 is 0 Å². The molecule has 0 bridgehead atoms. The Morgan fingerprint density at radius 1 is 1.00 bits per heavy atom. The highest BCUT2D eigenvalue weighted by Gasteiger charge is 2.28. The van der Waals surface area contributed by atoms with Crippen molar-refractivity contribution in [1.82, 2.24) is 29.5 Å². The molecule has 0 atom stereocenters. The SMILES string of the molecule is CN1Cc2c(-c3nc(CN4Cc5ccccc5C4)no3)ncn2-c2ccccc2C1=O. The highest BCUT2D eigenvalue weighted by Crippen LogP contribution is 2.30. The topological polar surface area (TPSA) is 80.3 Å². The first-order valence-corrected chi connectivity index (χ1v) is 10.2. The Bertz CT molecular complexity index is 1280. The molecule has 0 spiro atoms. The lowest BCUT2D eigenvalue weighted by molar-refractivity contribution is 0.0788. The molecule has 0 aliphatic carbocycles. The summed E-state index contributed by atoms with van der Waals surface area (Å²) in [4.78, 5) is 25.9. The van der Waals surface area contributed by atoms with Gasteiger partial charge in [-0.2, -0.15) is 4.98 Å². The Labute approximate surface area is 178 Å². The number of hydrogen-bond donors (Lipinski definition) is 0. The molecule has 0 fully saturated rings. The standard InChI is InChI=1S/C23H20N6O2/c1-27-12-19-21(24-14-29(19)18-9-5-4-8-17(18)23(27)30)22-25-20(26-31-22)13-28-10-15-6-2-3-7-16(15)11-28/h2-9,14H,10-13H2,1H3. The molecule has 2 aromatic carbocycles. The van der Waals surface area contributed by atoms with Gasteiger partial charge in [-0.1, -0.05) is 41.6 Å². The number of carbonyl (C=O) groups excluding carboxylic acids is 1. The Hall–Kier alpha value is -3.78. The Balaban J connectivity index is 1.30. The number of hydrogen-bond acceptors (Lipinski definition) is 6. The molecular formula is C23H20N6O2. The maximum Gasteiger partial charge on any atom is 0.278 e. The van der Waals surface area contributed by atoms with Crippen molar-refractivity contribution in [2.45, 2.75) is 26.2 Å². The van der Waals surface area contributed by atoms with Crippen molar-refractivity contribution < 1.29 is 9.32 Å². The molecule has 4 heterocycles. The largest absolute Gasteiger partial charge is 0.336 e. The van der Waals surface area contributed by atoms with Gasteiger partial charge in [0.1, 0.15) is 6.33 Å². The normalized spacial score (nSPS) is 15.5. The van der Waals surface area contributed by atoms with Gasteiger partial charge in [0.2, 0.25) is 0 Å². The first-order valence-electron chi connectivity index (χ1n) is 10.2. The smallest absolute Gasteiger partial charge is 0.278 e. The fourth-order valence-electron chi connectivity index (χ4n) is 4.41. The van der Waals surface area contributed by atoms with Crippen LogP contribution < -0.4 is 0 Å². The summed E-state index contributed by atoms with van der Waals surface area (Å²) in [5, 5.41) is 4.19. The molecule has 2 aliphatic rings. The molecule has 2 aromatic heterocycles. The summed E-state index contributed by atoms with van der Waals surface area (Å²) in [6.45, 7) is 2.77. The molecule has 6 rings (SSSR count). The van der Waals surface area contributed by atoms with E-state index in [1.54, 1.807) is 18.3 Å². The van der Waals surface area contributed by atoms with Gasteiger partial charge in [0, 0.05) is 20.1 Å². The highest BCUT2D eigenvalue weighted by molar-refractivity contribution is 5.98. The molecule has 1 amide bonds. The third kappa shape index (κ3) is 2.95. The van der Waals surface area contributed by atoms with Crippen molar-refractivity contribution in [3.63, 3.8) is 0 Å². The van der Waals surface area contributed by atoms with Crippen molar-refractivity contribution in [2.75, 3.05) is 7.05 Å². The zero-order valence-electron chi connectivity index (χ0n) is 17.0. The van der Waals surface area contributed by atoms with Crippen LogP contribution in [0.5, 0.6) is 0 Å². The molecule has 8 nitrogen and oxygen atoms in total. The zero-order chi connectivity index (χ0) is 20.9. The van der Waals surface area contributed by atoms with Crippen LogP contribution in [0.1, 0.15) is 33.0 Å². The van der Waals surface area contributed by atoms with Crippen LogP contribution >= 0.6 is 0 Å². The number of benzene rings is 2. The fraction of sp³-hybridized carbons (Fsp3) is 0.217. The maximum atomic E-state index is 12.8. The van der Waals surface area contributed by atoms with Crippen LogP contribution in [-0.4, -0.2) is 42.4 Å². The minimum atomic E-state index is -0.0231. The lowest BCUT2D eigenvalue weighted by Crippen LogP contribution is -2.25. The number of carbonyl (C=O) groups is 1. The first-order chi connectivity index (χ1) is 15.2. The van der Waals surface area contributed by atoms with Crippen molar-refractivity contribution in [2.24, 2.45) is 0 Å². The van der Waals surface area contributed by atoms with E-state index in [9.17, 15) is 4.79 Å². The number of aromatic nitrogens is 4. The second-order valence-corrected chi connectivity index (χ2v) is 8.02. The summed E-state index contributed by atoms with van der Waals surface area (Å²) >= 11 is 0. The summed E-state index contributed by atoms with van der Waals surface area (Å²) in [5.74, 6) is 0.980. The van der Waals surface area contributed by atoms with Gasteiger partial charge in [0.15, 0.2) is 11.5 Å². The lowest BCUT2D eigenvalue weighted by atomic mass is 10.1. The molecule has 31 heavy (non-hydrogen) atoms. The monoisotopic (exact) mass is 412 g/mol. The van der Waals surface area contributed by atoms with Crippen molar-refractivity contribution in [3.05, 3.63) is 83.1 Å². The van der Waals surface area contributed by atoms with E-state index in [0.717, 1.165) is 24.5 Å². The Morgan fingerprint density at radius 3 is 2.55 bits per heavy atom. The summed E-state index contributed by atoms with van der Waals surface area (Å²) in [5.41, 5.74) is 5.60. The second kappa shape index (κ2) is 6.88. The van der Waals surface area contributed by atoms with Gasteiger partial charge in [-0.3, -0.25) is 14.3 Å². The first kappa shape index (κ1) is 18.0. The molecule has 2 aliphatic heterocycles. The number of rotatable bonds is 3. The van der Waals surface area contributed by atoms with E-state index in [4.69, 9.17) is 4.52 Å². The van der Waals surface area contributed by atoms with Gasteiger partial charge in [0.05, 0.1) is 30.0 Å². The molecule has 154 valence electrons. The molecule has 0 saturated carbocycles. The van der Waals surface area contributed by atoms with E-state index in [-0.39, 0.29) is 5.91 Å². The van der Waals surface area contributed by atoms with E-state index in [1.807, 2.05) is 28.8 Å². The van der Waals surface area contributed by atoms with Gasteiger partial charge in [-0.15, -0.1) is 0 Å².